The number of hydrogen-bond donors (Lipinski definition) is 2. The van der Waals surface area contributed by atoms with Gasteiger partial charge in [-0.1, -0.05) is 0 Å². The lowest BCUT2D eigenvalue weighted by Crippen LogP contribution is -2.38. The third-order valence-corrected chi connectivity index (χ3v) is 6.39. The zero-order valence-corrected chi connectivity index (χ0v) is 19.6. The summed E-state index contributed by atoms with van der Waals surface area (Å²) in [5, 5.41) is 11.3. The van der Waals surface area contributed by atoms with Crippen LogP contribution in [0, 0.1) is 13.8 Å². The van der Waals surface area contributed by atoms with Gasteiger partial charge >= 0.3 is 5.97 Å². The maximum Gasteiger partial charge on any atom is 0.354 e. The summed E-state index contributed by atoms with van der Waals surface area (Å²) in [6.45, 7) is 7.42. The number of esters is 1. The van der Waals surface area contributed by atoms with E-state index in [9.17, 15) is 19.5 Å². The van der Waals surface area contributed by atoms with Crippen LogP contribution in [0.25, 0.3) is 5.76 Å². The topological polar surface area (TPSA) is 125 Å². The Labute approximate surface area is 197 Å². The van der Waals surface area contributed by atoms with E-state index in [-0.39, 0.29) is 17.0 Å². The zero-order valence-electron chi connectivity index (χ0n) is 19.6. The van der Waals surface area contributed by atoms with Gasteiger partial charge in [0, 0.05) is 37.4 Å². The number of aromatic amines is 1. The molecule has 0 bridgehead atoms. The number of likely N-dealkylation sites (tertiary alicyclic amines) is 1. The van der Waals surface area contributed by atoms with Crippen molar-refractivity contribution in [2.45, 2.75) is 26.3 Å². The Bertz CT molecular complexity index is 1110. The maximum absolute atomic E-state index is 13.1. The first kappa shape index (κ1) is 23.8. The average molecular weight is 472 g/mol. The Hall–Kier alpha value is -3.37. The first-order valence-corrected chi connectivity index (χ1v) is 11.2. The molecule has 2 fully saturated rings. The fourth-order valence-corrected chi connectivity index (χ4v) is 4.69. The third kappa shape index (κ3) is 4.26. The number of Topliss-reactive ketones (excluding diaryl/α,β-unsaturated/α-hetero) is 1. The molecule has 0 saturated carbocycles. The Balaban J connectivity index is 1.69. The summed E-state index contributed by atoms with van der Waals surface area (Å²) in [5.41, 5.74) is 1.32. The number of morpholine rings is 1. The second kappa shape index (κ2) is 9.86. The standard InChI is InChI=1S/C24H29N3O7/c1-14-17(15(2)25-19(14)24(31)32-3)21(28)18-20(16-6-4-11-34-16)27(23(30)22(18)29)8-5-7-26-9-12-33-13-10-26/h4,6,11,20,25,28H,5,7-10,12-13H2,1-3H3/b21-18+/t20-/m1/s1. The second-order valence-corrected chi connectivity index (χ2v) is 8.43. The highest BCUT2D eigenvalue weighted by Crippen LogP contribution is 2.41. The molecule has 2 saturated heterocycles. The number of ether oxygens (including phenoxy) is 2. The summed E-state index contributed by atoms with van der Waals surface area (Å²) in [6.07, 6.45) is 2.12. The first-order valence-electron chi connectivity index (χ1n) is 11.2. The predicted octanol–water partition coefficient (Wildman–Crippen LogP) is 2.16. The molecule has 182 valence electrons. The van der Waals surface area contributed by atoms with Crippen molar-refractivity contribution in [1.29, 1.82) is 0 Å². The van der Waals surface area contributed by atoms with Gasteiger partial charge < -0.3 is 28.9 Å². The summed E-state index contributed by atoms with van der Waals surface area (Å²) >= 11 is 0. The minimum atomic E-state index is -0.866. The van der Waals surface area contributed by atoms with Crippen molar-refractivity contribution in [2.24, 2.45) is 0 Å². The van der Waals surface area contributed by atoms with E-state index in [1.807, 2.05) is 0 Å². The van der Waals surface area contributed by atoms with E-state index in [0.29, 0.717) is 48.8 Å². The van der Waals surface area contributed by atoms with Crippen molar-refractivity contribution in [3.8, 4) is 0 Å². The number of rotatable bonds is 7. The number of amides is 1. The molecule has 4 rings (SSSR count). The Morgan fingerprint density at radius 1 is 1.24 bits per heavy atom. The molecule has 2 aliphatic rings. The molecule has 1 atom stereocenters. The molecule has 2 aromatic heterocycles. The van der Waals surface area contributed by atoms with Crippen LogP contribution in [-0.2, 0) is 19.1 Å². The van der Waals surface area contributed by atoms with Crippen molar-refractivity contribution < 1.29 is 33.4 Å². The Morgan fingerprint density at radius 3 is 2.62 bits per heavy atom. The van der Waals surface area contributed by atoms with E-state index in [4.69, 9.17) is 13.9 Å². The molecule has 1 amide bonds. The van der Waals surface area contributed by atoms with Gasteiger partial charge in [-0.05, 0) is 38.0 Å². The monoisotopic (exact) mass is 471 g/mol. The summed E-state index contributed by atoms with van der Waals surface area (Å²) < 4.78 is 15.7. The number of aromatic nitrogens is 1. The molecule has 0 aliphatic carbocycles. The predicted molar refractivity (Wildman–Crippen MR) is 121 cm³/mol. The highest BCUT2D eigenvalue weighted by molar-refractivity contribution is 6.46. The van der Waals surface area contributed by atoms with Gasteiger partial charge in [-0.3, -0.25) is 14.5 Å². The van der Waals surface area contributed by atoms with Gasteiger partial charge in [0.25, 0.3) is 11.7 Å². The number of methoxy groups -OCH3 is 1. The molecule has 0 spiro atoms. The fraction of sp³-hybridized carbons (Fsp3) is 0.458. The average Bonchev–Trinajstić information content (AvgIpc) is 3.53. The van der Waals surface area contributed by atoms with Crippen LogP contribution in [0.5, 0.6) is 0 Å². The van der Waals surface area contributed by atoms with Gasteiger partial charge in [0.2, 0.25) is 0 Å². The van der Waals surface area contributed by atoms with Gasteiger partial charge in [0.1, 0.15) is 23.3 Å². The molecule has 2 aromatic rings. The number of carbonyl (C=O) groups is 3. The number of aryl methyl sites for hydroxylation is 1. The van der Waals surface area contributed by atoms with Crippen LogP contribution >= 0.6 is 0 Å². The van der Waals surface area contributed by atoms with Crippen molar-refractivity contribution in [3.63, 3.8) is 0 Å². The van der Waals surface area contributed by atoms with Crippen LogP contribution < -0.4 is 0 Å². The Morgan fingerprint density at radius 2 is 1.97 bits per heavy atom. The lowest BCUT2D eigenvalue weighted by Gasteiger charge is -2.28. The van der Waals surface area contributed by atoms with E-state index in [0.717, 1.165) is 19.6 Å². The van der Waals surface area contributed by atoms with Gasteiger partial charge in [-0.2, -0.15) is 0 Å². The van der Waals surface area contributed by atoms with Gasteiger partial charge in [0.05, 0.1) is 32.2 Å². The molecular formula is C24H29N3O7. The highest BCUT2D eigenvalue weighted by Gasteiger charge is 2.47. The number of furan rings is 1. The minimum absolute atomic E-state index is 0.0621. The van der Waals surface area contributed by atoms with Crippen LogP contribution in [0.15, 0.2) is 28.4 Å². The quantitative estimate of drug-likeness (QED) is 0.272. The summed E-state index contributed by atoms with van der Waals surface area (Å²) in [6, 6.07) is 2.48. The van der Waals surface area contributed by atoms with Crippen molar-refractivity contribution >= 4 is 23.4 Å². The number of carbonyl (C=O) groups excluding carboxylic acids is 3. The molecule has 2 N–H and O–H groups in total. The van der Waals surface area contributed by atoms with E-state index in [1.165, 1.54) is 18.3 Å². The molecule has 10 nitrogen and oxygen atoms in total. The molecular weight excluding hydrogens is 442 g/mol. The number of aliphatic hydroxyl groups excluding tert-OH is 1. The smallest absolute Gasteiger partial charge is 0.354 e. The van der Waals surface area contributed by atoms with Crippen LogP contribution in [0.2, 0.25) is 0 Å². The first-order chi connectivity index (χ1) is 16.3. The summed E-state index contributed by atoms with van der Waals surface area (Å²) in [7, 11) is 1.26. The number of ketones is 1. The van der Waals surface area contributed by atoms with E-state index in [1.54, 1.807) is 26.0 Å². The van der Waals surface area contributed by atoms with Gasteiger partial charge in [-0.15, -0.1) is 0 Å². The summed E-state index contributed by atoms with van der Waals surface area (Å²) in [4.78, 5) is 44.9. The van der Waals surface area contributed by atoms with E-state index in [2.05, 4.69) is 9.88 Å². The molecule has 0 aromatic carbocycles. The molecule has 0 radical (unpaired) electrons. The molecule has 34 heavy (non-hydrogen) atoms. The largest absolute Gasteiger partial charge is 0.507 e. The number of nitrogens with zero attached hydrogens (tertiary/aromatic N) is 2. The SMILES string of the molecule is COC(=O)c1[nH]c(C)c(/C(O)=C2\C(=O)C(=O)N(CCCN3CCOCC3)[C@@H]2c2ccco2)c1C. The normalized spacial score (nSPS) is 20.8. The molecule has 10 heteroatoms. The van der Waals surface area contributed by atoms with Gasteiger partial charge in [0.15, 0.2) is 0 Å². The van der Waals surface area contributed by atoms with Crippen molar-refractivity contribution in [1.82, 2.24) is 14.8 Å². The summed E-state index contributed by atoms with van der Waals surface area (Å²) in [5.74, 6) is -2.04. The second-order valence-electron chi connectivity index (χ2n) is 8.43. The number of hydrogen-bond acceptors (Lipinski definition) is 8. The van der Waals surface area contributed by atoms with Crippen LogP contribution in [0.3, 0.4) is 0 Å². The fourth-order valence-electron chi connectivity index (χ4n) is 4.69. The Kier molecular flexibility index (Phi) is 6.90. The van der Waals surface area contributed by atoms with Crippen LogP contribution in [0.1, 0.15) is 45.5 Å². The lowest BCUT2D eigenvalue weighted by atomic mass is 9.97. The number of nitrogens with one attached hydrogen (secondary N) is 1. The molecule has 4 heterocycles. The highest BCUT2D eigenvalue weighted by atomic mass is 16.5. The van der Waals surface area contributed by atoms with E-state index < -0.39 is 23.7 Å². The zero-order chi connectivity index (χ0) is 24.4. The lowest BCUT2D eigenvalue weighted by molar-refractivity contribution is -0.140. The van der Waals surface area contributed by atoms with E-state index >= 15 is 0 Å². The van der Waals surface area contributed by atoms with Gasteiger partial charge in [-0.25, -0.2) is 4.79 Å². The van der Waals surface area contributed by atoms with Crippen molar-refractivity contribution in [2.75, 3.05) is 46.5 Å². The van der Waals surface area contributed by atoms with Crippen LogP contribution in [-0.4, -0.2) is 84.1 Å². The number of aliphatic hydroxyl groups is 1. The molecule has 0 unspecified atom stereocenters. The van der Waals surface area contributed by atoms with Crippen molar-refractivity contribution in [3.05, 3.63) is 52.2 Å². The maximum atomic E-state index is 13.1. The third-order valence-electron chi connectivity index (χ3n) is 6.39. The van der Waals surface area contributed by atoms with Crippen LogP contribution in [0.4, 0.5) is 0 Å². The minimum Gasteiger partial charge on any atom is -0.507 e. The number of H-pyrrole nitrogens is 1. The molecule has 2 aliphatic heterocycles.